The Labute approximate surface area is 54.1 Å². The predicted octanol–water partition coefficient (Wildman–Crippen LogP) is -0.353. The Balaban J connectivity index is 2.34. The fourth-order valence-electron chi connectivity index (χ4n) is 0.909. The molecule has 3 nitrogen and oxygen atoms in total. The Morgan fingerprint density at radius 2 is 2.33 bits per heavy atom. The van der Waals surface area contributed by atoms with E-state index in [4.69, 9.17) is 5.11 Å². The molecule has 1 atom stereocenters. The summed E-state index contributed by atoms with van der Waals surface area (Å²) in [5, 5.41) is 11.7. The summed E-state index contributed by atoms with van der Waals surface area (Å²) in [6.45, 7) is 0.625. The lowest BCUT2D eigenvalue weighted by Crippen LogP contribution is -2.21. The van der Waals surface area contributed by atoms with Gasteiger partial charge in [0.2, 0.25) is 5.91 Å². The maximum Gasteiger partial charge on any atom is 0.220 e. The summed E-state index contributed by atoms with van der Waals surface area (Å²) in [5.41, 5.74) is 0. The number of amides is 1. The second-order valence-electron chi connectivity index (χ2n) is 2.33. The molecule has 1 aliphatic heterocycles. The summed E-state index contributed by atoms with van der Waals surface area (Å²) in [6.07, 6.45) is 1.52. The maximum atomic E-state index is 10.6. The lowest BCUT2D eigenvalue weighted by Gasteiger charge is -2.00. The van der Waals surface area contributed by atoms with Gasteiger partial charge in [-0.15, -0.1) is 0 Å². The van der Waals surface area contributed by atoms with Crippen LogP contribution >= 0.6 is 0 Å². The highest BCUT2D eigenvalue weighted by Crippen LogP contribution is 2.03. The summed E-state index contributed by atoms with van der Waals surface area (Å²) in [5.74, 6) is 0.0616. The van der Waals surface area contributed by atoms with E-state index in [2.05, 4.69) is 5.32 Å². The smallest absolute Gasteiger partial charge is 0.220 e. The third-order valence-corrected chi connectivity index (χ3v) is 1.50. The van der Waals surface area contributed by atoms with E-state index in [1.807, 2.05) is 0 Å². The molecule has 0 saturated carbocycles. The number of rotatable bonds is 0. The first kappa shape index (κ1) is 6.55. The molecule has 0 aliphatic carbocycles. The van der Waals surface area contributed by atoms with Crippen molar-refractivity contribution in [2.45, 2.75) is 25.4 Å². The van der Waals surface area contributed by atoms with E-state index in [9.17, 15) is 4.79 Å². The Morgan fingerprint density at radius 3 is 3.11 bits per heavy atom. The normalized spacial score (nSPS) is 29.0. The van der Waals surface area contributed by atoms with Crippen molar-refractivity contribution in [3.8, 4) is 0 Å². The first-order valence-electron chi connectivity index (χ1n) is 3.24. The predicted molar refractivity (Wildman–Crippen MR) is 32.9 cm³/mol. The van der Waals surface area contributed by atoms with Gasteiger partial charge in [-0.1, -0.05) is 0 Å². The average Bonchev–Trinajstić information content (AvgIpc) is 1.97. The minimum Gasteiger partial charge on any atom is -0.393 e. The van der Waals surface area contributed by atoms with E-state index < -0.39 is 0 Å². The molecular formula is C6H11NO2. The molecule has 0 radical (unpaired) electrons. The molecule has 0 aromatic heterocycles. The molecule has 2 N–H and O–H groups in total. The number of nitrogens with one attached hydrogen (secondary N) is 1. The van der Waals surface area contributed by atoms with Crippen molar-refractivity contribution in [1.29, 1.82) is 0 Å². The molecule has 1 heterocycles. The first-order chi connectivity index (χ1) is 4.29. The van der Waals surface area contributed by atoms with Crippen LogP contribution in [0.25, 0.3) is 0 Å². The van der Waals surface area contributed by atoms with E-state index in [1.165, 1.54) is 0 Å². The van der Waals surface area contributed by atoms with Crippen molar-refractivity contribution in [2.24, 2.45) is 0 Å². The summed E-state index contributed by atoms with van der Waals surface area (Å²) in [4.78, 5) is 10.6. The van der Waals surface area contributed by atoms with E-state index in [-0.39, 0.29) is 12.0 Å². The second kappa shape index (κ2) is 2.82. The van der Waals surface area contributed by atoms with Crippen LogP contribution in [0.15, 0.2) is 0 Å². The molecule has 52 valence electrons. The average molecular weight is 129 g/mol. The minimum absolute atomic E-state index is 0.0616. The van der Waals surface area contributed by atoms with E-state index in [0.717, 1.165) is 0 Å². The largest absolute Gasteiger partial charge is 0.393 e. The van der Waals surface area contributed by atoms with Gasteiger partial charge in [-0.3, -0.25) is 4.79 Å². The molecule has 0 aromatic carbocycles. The van der Waals surface area contributed by atoms with Gasteiger partial charge in [0, 0.05) is 13.0 Å². The van der Waals surface area contributed by atoms with Gasteiger partial charge in [-0.05, 0) is 12.8 Å². The standard InChI is InChI=1S/C6H11NO2/c8-5-1-2-6(9)7-4-3-5/h5,8H,1-4H2,(H,7,9). The van der Waals surface area contributed by atoms with Crippen LogP contribution < -0.4 is 5.32 Å². The highest BCUT2D eigenvalue weighted by atomic mass is 16.3. The summed E-state index contributed by atoms with van der Waals surface area (Å²) < 4.78 is 0. The first-order valence-corrected chi connectivity index (χ1v) is 3.24. The van der Waals surface area contributed by atoms with Gasteiger partial charge in [-0.2, -0.15) is 0 Å². The number of hydrogen-bond acceptors (Lipinski definition) is 2. The van der Waals surface area contributed by atoms with Crippen LogP contribution in [-0.4, -0.2) is 23.7 Å². The molecule has 0 aromatic rings. The van der Waals surface area contributed by atoms with Crippen molar-refractivity contribution in [1.82, 2.24) is 5.32 Å². The lowest BCUT2D eigenvalue weighted by atomic mass is 10.2. The third-order valence-electron chi connectivity index (χ3n) is 1.50. The van der Waals surface area contributed by atoms with E-state index in [0.29, 0.717) is 25.8 Å². The Hall–Kier alpha value is -0.570. The molecular weight excluding hydrogens is 118 g/mol. The lowest BCUT2D eigenvalue weighted by molar-refractivity contribution is -0.120. The zero-order chi connectivity index (χ0) is 6.69. The van der Waals surface area contributed by atoms with Crippen LogP contribution in [0.1, 0.15) is 19.3 Å². The Bertz CT molecular complexity index is 114. The third kappa shape index (κ3) is 2.01. The zero-order valence-corrected chi connectivity index (χ0v) is 5.26. The van der Waals surface area contributed by atoms with Gasteiger partial charge in [0.25, 0.3) is 0 Å². The molecule has 1 rings (SSSR count). The van der Waals surface area contributed by atoms with Crippen molar-refractivity contribution in [3.05, 3.63) is 0 Å². The Morgan fingerprint density at radius 1 is 1.56 bits per heavy atom. The molecule has 1 fully saturated rings. The zero-order valence-electron chi connectivity index (χ0n) is 5.26. The van der Waals surface area contributed by atoms with Crippen LogP contribution in [-0.2, 0) is 4.79 Å². The van der Waals surface area contributed by atoms with Gasteiger partial charge >= 0.3 is 0 Å². The summed E-state index contributed by atoms with van der Waals surface area (Å²) in [7, 11) is 0. The van der Waals surface area contributed by atoms with Crippen LogP contribution in [0.2, 0.25) is 0 Å². The SMILES string of the molecule is O=C1CCC(O)CCN1. The number of aliphatic hydroxyl groups excluding tert-OH is 1. The number of hydrogen-bond donors (Lipinski definition) is 2. The second-order valence-corrected chi connectivity index (χ2v) is 2.33. The van der Waals surface area contributed by atoms with Gasteiger partial charge in [0.15, 0.2) is 0 Å². The molecule has 1 aliphatic rings. The van der Waals surface area contributed by atoms with Gasteiger partial charge in [0.05, 0.1) is 6.10 Å². The molecule has 3 heteroatoms. The monoisotopic (exact) mass is 129 g/mol. The van der Waals surface area contributed by atoms with Crippen molar-refractivity contribution in [3.63, 3.8) is 0 Å². The summed E-state index contributed by atoms with van der Waals surface area (Å²) in [6, 6.07) is 0. The van der Waals surface area contributed by atoms with Crippen LogP contribution in [0.3, 0.4) is 0 Å². The van der Waals surface area contributed by atoms with Crippen molar-refractivity contribution < 1.29 is 9.90 Å². The van der Waals surface area contributed by atoms with Crippen LogP contribution in [0, 0.1) is 0 Å². The van der Waals surface area contributed by atoms with Gasteiger partial charge < -0.3 is 10.4 Å². The molecule has 0 bridgehead atoms. The number of aliphatic hydroxyl groups is 1. The van der Waals surface area contributed by atoms with Gasteiger partial charge in [-0.25, -0.2) is 0 Å². The van der Waals surface area contributed by atoms with Crippen molar-refractivity contribution in [2.75, 3.05) is 6.54 Å². The fourth-order valence-corrected chi connectivity index (χ4v) is 0.909. The maximum absolute atomic E-state index is 10.6. The van der Waals surface area contributed by atoms with Crippen molar-refractivity contribution >= 4 is 5.91 Å². The quantitative estimate of drug-likeness (QED) is 0.469. The van der Waals surface area contributed by atoms with Crippen LogP contribution in [0.4, 0.5) is 0 Å². The van der Waals surface area contributed by atoms with E-state index >= 15 is 0 Å². The number of carbonyl (C=O) groups excluding carboxylic acids is 1. The Kier molecular flexibility index (Phi) is 2.05. The highest BCUT2D eigenvalue weighted by molar-refractivity contribution is 5.76. The number of carbonyl (C=O) groups is 1. The van der Waals surface area contributed by atoms with E-state index in [1.54, 1.807) is 0 Å². The topological polar surface area (TPSA) is 49.3 Å². The van der Waals surface area contributed by atoms with Crippen LogP contribution in [0.5, 0.6) is 0 Å². The summed E-state index contributed by atoms with van der Waals surface area (Å²) >= 11 is 0. The highest BCUT2D eigenvalue weighted by Gasteiger charge is 2.11. The van der Waals surface area contributed by atoms with Gasteiger partial charge in [0.1, 0.15) is 0 Å². The molecule has 0 spiro atoms. The molecule has 1 saturated heterocycles. The molecule has 1 unspecified atom stereocenters. The minimum atomic E-state index is -0.274. The molecule has 9 heavy (non-hydrogen) atoms. The molecule has 1 amide bonds. The fraction of sp³-hybridized carbons (Fsp3) is 0.833.